The van der Waals surface area contributed by atoms with Crippen LogP contribution in [0.4, 0.5) is 5.69 Å². The van der Waals surface area contributed by atoms with Crippen molar-refractivity contribution >= 4 is 34.1 Å². The van der Waals surface area contributed by atoms with E-state index >= 15 is 0 Å². The number of anilines is 1. The normalized spacial score (nSPS) is 17.5. The van der Waals surface area contributed by atoms with E-state index in [1.165, 1.54) is 0 Å². The van der Waals surface area contributed by atoms with Gasteiger partial charge in [-0.25, -0.2) is 4.98 Å². The lowest BCUT2D eigenvalue weighted by Crippen LogP contribution is -2.40. The number of halogens is 1. The van der Waals surface area contributed by atoms with Crippen molar-refractivity contribution in [2.24, 2.45) is 5.92 Å². The summed E-state index contributed by atoms with van der Waals surface area (Å²) in [6.07, 6.45) is 1.78. The molecule has 28 heavy (non-hydrogen) atoms. The van der Waals surface area contributed by atoms with Gasteiger partial charge in [-0.05, 0) is 49.7 Å². The van der Waals surface area contributed by atoms with Gasteiger partial charge in [-0.1, -0.05) is 29.8 Å². The van der Waals surface area contributed by atoms with Gasteiger partial charge >= 0.3 is 0 Å². The van der Waals surface area contributed by atoms with Crippen LogP contribution in [-0.4, -0.2) is 33.9 Å². The van der Waals surface area contributed by atoms with Gasteiger partial charge in [0, 0.05) is 17.3 Å². The fraction of sp³-hybridized carbons (Fsp3) is 0.286. The molecule has 0 radical (unpaired) electrons. The molecule has 0 saturated carbocycles. The van der Waals surface area contributed by atoms with Crippen LogP contribution in [0.15, 0.2) is 53.3 Å². The molecule has 6 nitrogen and oxygen atoms in total. The Kier molecular flexibility index (Phi) is 5.41. The number of carbonyl (C=O) groups is 1. The number of hydrogen-bond donors (Lipinski definition) is 2. The topological polar surface area (TPSA) is 78.1 Å². The zero-order chi connectivity index (χ0) is 19.5. The summed E-state index contributed by atoms with van der Waals surface area (Å²) in [4.78, 5) is 34.5. The number of piperidine rings is 1. The number of aromatic amines is 1. The third-order valence-corrected chi connectivity index (χ3v) is 5.24. The summed E-state index contributed by atoms with van der Waals surface area (Å²) in [5.41, 5.74) is 1.22. The summed E-state index contributed by atoms with van der Waals surface area (Å²) >= 11 is 6.03. The van der Waals surface area contributed by atoms with Gasteiger partial charge in [0.15, 0.2) is 0 Å². The molecule has 2 aromatic carbocycles. The maximum atomic E-state index is 12.6. The quantitative estimate of drug-likeness (QED) is 0.708. The lowest BCUT2D eigenvalue weighted by atomic mass is 9.97. The Balaban J connectivity index is 1.46. The second-order valence-electron chi connectivity index (χ2n) is 7.10. The molecule has 2 heterocycles. The van der Waals surface area contributed by atoms with Gasteiger partial charge in [0.1, 0.15) is 5.82 Å². The standard InChI is InChI=1S/C21H21ClN4O2/c22-15-8-9-17-18(11-15)24-19(25-21(17)28)13-26-10-4-5-14(12-26)20(27)23-16-6-2-1-3-7-16/h1-3,6-9,11,14H,4-5,10,12-13H2,(H,23,27)(H,24,25,28)/t14-/m0/s1. The predicted molar refractivity (Wildman–Crippen MR) is 110 cm³/mol. The Bertz CT molecular complexity index is 1050. The summed E-state index contributed by atoms with van der Waals surface area (Å²) in [7, 11) is 0. The van der Waals surface area contributed by atoms with Crippen molar-refractivity contribution in [2.45, 2.75) is 19.4 Å². The second-order valence-corrected chi connectivity index (χ2v) is 7.54. The number of nitrogens with zero attached hydrogens (tertiary/aromatic N) is 2. The molecule has 0 bridgehead atoms. The number of hydrogen-bond acceptors (Lipinski definition) is 4. The van der Waals surface area contributed by atoms with Gasteiger partial charge in [-0.15, -0.1) is 0 Å². The first kappa shape index (κ1) is 18.7. The van der Waals surface area contributed by atoms with E-state index in [2.05, 4.69) is 20.2 Å². The van der Waals surface area contributed by atoms with Crippen LogP contribution in [0.1, 0.15) is 18.7 Å². The number of rotatable bonds is 4. The van der Waals surface area contributed by atoms with Gasteiger partial charge < -0.3 is 10.3 Å². The molecule has 0 aliphatic carbocycles. The minimum Gasteiger partial charge on any atom is -0.326 e. The average molecular weight is 397 g/mol. The first-order chi connectivity index (χ1) is 13.6. The van der Waals surface area contributed by atoms with E-state index in [4.69, 9.17) is 11.6 Å². The van der Waals surface area contributed by atoms with E-state index in [1.807, 2.05) is 30.3 Å². The Hall–Kier alpha value is -2.70. The molecule has 1 aliphatic heterocycles. The van der Waals surface area contributed by atoms with E-state index in [0.717, 1.165) is 25.1 Å². The summed E-state index contributed by atoms with van der Waals surface area (Å²) in [5, 5.41) is 4.05. The minimum atomic E-state index is -0.174. The van der Waals surface area contributed by atoms with Crippen LogP contribution in [0.3, 0.4) is 0 Å². The Morgan fingerprint density at radius 3 is 2.89 bits per heavy atom. The predicted octanol–water partition coefficient (Wildman–Crippen LogP) is 3.43. The van der Waals surface area contributed by atoms with Gasteiger partial charge in [0.2, 0.25) is 5.91 Å². The number of fused-ring (bicyclic) bond motifs is 1. The number of nitrogens with one attached hydrogen (secondary N) is 2. The lowest BCUT2D eigenvalue weighted by molar-refractivity contribution is -0.121. The summed E-state index contributed by atoms with van der Waals surface area (Å²) < 4.78 is 0. The Labute approximate surface area is 167 Å². The van der Waals surface area contributed by atoms with Crippen LogP contribution in [0.2, 0.25) is 5.02 Å². The molecule has 0 unspecified atom stereocenters. The van der Waals surface area contributed by atoms with Crippen LogP contribution in [0.5, 0.6) is 0 Å². The summed E-state index contributed by atoms with van der Waals surface area (Å²) in [6, 6.07) is 14.5. The maximum absolute atomic E-state index is 12.6. The molecule has 1 aromatic heterocycles. The number of aromatic nitrogens is 2. The van der Waals surface area contributed by atoms with Gasteiger partial charge in [-0.2, -0.15) is 0 Å². The molecule has 1 aliphatic rings. The highest BCUT2D eigenvalue weighted by atomic mass is 35.5. The third kappa shape index (κ3) is 4.24. The number of likely N-dealkylation sites (tertiary alicyclic amines) is 1. The summed E-state index contributed by atoms with van der Waals surface area (Å²) in [5.74, 6) is 0.530. The summed E-state index contributed by atoms with van der Waals surface area (Å²) in [6.45, 7) is 2.00. The Morgan fingerprint density at radius 2 is 2.07 bits per heavy atom. The van der Waals surface area contributed by atoms with Crippen molar-refractivity contribution in [2.75, 3.05) is 18.4 Å². The molecular weight excluding hydrogens is 376 g/mol. The minimum absolute atomic E-state index is 0.0302. The van der Waals surface area contributed by atoms with E-state index in [-0.39, 0.29) is 17.4 Å². The number of para-hydroxylation sites is 1. The smallest absolute Gasteiger partial charge is 0.258 e. The van der Waals surface area contributed by atoms with Gasteiger partial charge in [-0.3, -0.25) is 14.5 Å². The van der Waals surface area contributed by atoms with Gasteiger partial charge in [0.05, 0.1) is 23.4 Å². The molecule has 144 valence electrons. The lowest BCUT2D eigenvalue weighted by Gasteiger charge is -2.31. The Morgan fingerprint density at radius 1 is 1.25 bits per heavy atom. The van der Waals surface area contributed by atoms with Crippen LogP contribution in [-0.2, 0) is 11.3 Å². The van der Waals surface area contributed by atoms with E-state index in [1.54, 1.807) is 18.2 Å². The highest BCUT2D eigenvalue weighted by Crippen LogP contribution is 2.20. The average Bonchev–Trinajstić information content (AvgIpc) is 2.68. The number of carbonyl (C=O) groups excluding carboxylic acids is 1. The zero-order valence-corrected chi connectivity index (χ0v) is 16.1. The molecule has 1 amide bonds. The largest absolute Gasteiger partial charge is 0.326 e. The van der Waals surface area contributed by atoms with Crippen LogP contribution >= 0.6 is 11.6 Å². The van der Waals surface area contributed by atoms with Crippen molar-refractivity contribution in [3.8, 4) is 0 Å². The molecule has 4 rings (SSSR count). The monoisotopic (exact) mass is 396 g/mol. The number of amides is 1. The van der Waals surface area contributed by atoms with E-state index in [0.29, 0.717) is 34.8 Å². The second kappa shape index (κ2) is 8.12. The van der Waals surface area contributed by atoms with Crippen LogP contribution in [0, 0.1) is 5.92 Å². The van der Waals surface area contributed by atoms with Gasteiger partial charge in [0.25, 0.3) is 5.56 Å². The zero-order valence-electron chi connectivity index (χ0n) is 15.3. The fourth-order valence-electron chi connectivity index (χ4n) is 3.63. The SMILES string of the molecule is O=C(Nc1ccccc1)[C@H]1CCCN(Cc2nc3cc(Cl)ccc3c(=O)[nH]2)C1. The van der Waals surface area contributed by atoms with E-state index in [9.17, 15) is 9.59 Å². The highest BCUT2D eigenvalue weighted by Gasteiger charge is 2.26. The van der Waals surface area contributed by atoms with Crippen LogP contribution < -0.4 is 10.9 Å². The molecule has 0 spiro atoms. The molecule has 3 aromatic rings. The molecule has 2 N–H and O–H groups in total. The van der Waals surface area contributed by atoms with Crippen molar-refractivity contribution in [3.05, 3.63) is 69.7 Å². The first-order valence-corrected chi connectivity index (χ1v) is 9.73. The molecule has 7 heteroatoms. The molecule has 1 fully saturated rings. The highest BCUT2D eigenvalue weighted by molar-refractivity contribution is 6.31. The fourth-order valence-corrected chi connectivity index (χ4v) is 3.79. The molecule has 1 atom stereocenters. The van der Waals surface area contributed by atoms with Crippen molar-refractivity contribution in [1.82, 2.24) is 14.9 Å². The van der Waals surface area contributed by atoms with Crippen LogP contribution in [0.25, 0.3) is 10.9 Å². The number of H-pyrrole nitrogens is 1. The van der Waals surface area contributed by atoms with Crippen molar-refractivity contribution < 1.29 is 4.79 Å². The first-order valence-electron chi connectivity index (χ1n) is 9.35. The maximum Gasteiger partial charge on any atom is 0.258 e. The van der Waals surface area contributed by atoms with E-state index < -0.39 is 0 Å². The third-order valence-electron chi connectivity index (χ3n) is 5.01. The number of benzene rings is 2. The van der Waals surface area contributed by atoms with Crippen molar-refractivity contribution in [3.63, 3.8) is 0 Å². The molecule has 1 saturated heterocycles. The molecular formula is C21H21ClN4O2. The van der Waals surface area contributed by atoms with Crippen molar-refractivity contribution in [1.29, 1.82) is 0 Å².